The van der Waals surface area contributed by atoms with Crippen LogP contribution >= 0.6 is 0 Å². The number of amides is 3. The molecule has 3 amide bonds. The van der Waals surface area contributed by atoms with E-state index in [0.29, 0.717) is 17.7 Å². The summed E-state index contributed by atoms with van der Waals surface area (Å²) in [5, 5.41) is 0. The Kier molecular flexibility index (Phi) is 5.55. The zero-order chi connectivity index (χ0) is 21.3. The van der Waals surface area contributed by atoms with E-state index in [0.717, 1.165) is 10.5 Å². The smallest absolute Gasteiger partial charge is 0.257 e. The van der Waals surface area contributed by atoms with Crippen molar-refractivity contribution in [3.8, 4) is 0 Å². The van der Waals surface area contributed by atoms with E-state index < -0.39 is 29.2 Å². The third-order valence-corrected chi connectivity index (χ3v) is 5.63. The normalized spacial score (nSPS) is 17.0. The fraction of sp³-hybridized carbons (Fsp3) is 0.348. The summed E-state index contributed by atoms with van der Waals surface area (Å²) >= 11 is 0. The van der Waals surface area contributed by atoms with Crippen molar-refractivity contribution in [1.29, 1.82) is 0 Å². The molecule has 152 valence electrons. The minimum absolute atomic E-state index is 0.0999. The molecule has 0 saturated carbocycles. The van der Waals surface area contributed by atoms with Crippen LogP contribution in [0.2, 0.25) is 0 Å². The highest BCUT2D eigenvalue weighted by molar-refractivity contribution is 6.23. The largest absolute Gasteiger partial charge is 0.321 e. The van der Waals surface area contributed by atoms with E-state index in [1.165, 1.54) is 24.3 Å². The summed E-state index contributed by atoms with van der Waals surface area (Å²) < 4.78 is 13.3. The predicted octanol–water partition coefficient (Wildman–Crippen LogP) is 4.10. The number of nitrogens with zero attached hydrogens (tertiary/aromatic N) is 2. The molecule has 1 heterocycles. The molecule has 2 aromatic rings. The van der Waals surface area contributed by atoms with Crippen molar-refractivity contribution < 1.29 is 18.8 Å². The average Bonchev–Trinajstić information content (AvgIpc) is 2.96. The molecule has 1 saturated heterocycles. The third-order valence-electron chi connectivity index (χ3n) is 5.63. The summed E-state index contributed by atoms with van der Waals surface area (Å²) in [4.78, 5) is 42.0. The van der Waals surface area contributed by atoms with Crippen molar-refractivity contribution >= 4 is 23.4 Å². The zero-order valence-corrected chi connectivity index (χ0v) is 17.1. The molecule has 1 aliphatic heterocycles. The number of hydrogen-bond acceptors (Lipinski definition) is 3. The first kappa shape index (κ1) is 20.7. The molecular formula is C23H25FN2O3. The molecular weight excluding hydrogens is 371 g/mol. The Morgan fingerprint density at radius 3 is 2.34 bits per heavy atom. The van der Waals surface area contributed by atoms with Crippen molar-refractivity contribution in [3.05, 3.63) is 65.5 Å². The number of hydrogen-bond donors (Lipinski definition) is 0. The minimum Gasteiger partial charge on any atom is -0.321 e. The minimum atomic E-state index is -0.908. The lowest BCUT2D eigenvalue weighted by Crippen LogP contribution is -2.55. The van der Waals surface area contributed by atoms with Crippen LogP contribution in [0.4, 0.5) is 10.1 Å². The Hall–Kier alpha value is -3.02. The van der Waals surface area contributed by atoms with E-state index in [1.807, 2.05) is 39.8 Å². The fourth-order valence-corrected chi connectivity index (χ4v) is 3.63. The Morgan fingerprint density at radius 2 is 1.76 bits per heavy atom. The van der Waals surface area contributed by atoms with Crippen molar-refractivity contribution in [2.45, 2.75) is 52.1 Å². The number of imide groups is 1. The topological polar surface area (TPSA) is 57.7 Å². The fourth-order valence-electron chi connectivity index (χ4n) is 3.63. The summed E-state index contributed by atoms with van der Waals surface area (Å²) in [6.07, 6.45) is 0.510. The van der Waals surface area contributed by atoms with Gasteiger partial charge in [0.25, 0.3) is 11.8 Å². The maximum Gasteiger partial charge on any atom is 0.257 e. The first-order chi connectivity index (χ1) is 13.7. The van der Waals surface area contributed by atoms with Gasteiger partial charge in [-0.1, -0.05) is 25.1 Å². The quantitative estimate of drug-likeness (QED) is 0.715. The number of rotatable bonds is 5. The molecule has 0 radical (unpaired) electrons. The van der Waals surface area contributed by atoms with Crippen LogP contribution in [0, 0.1) is 12.7 Å². The molecule has 3 rings (SSSR count). The van der Waals surface area contributed by atoms with Gasteiger partial charge in [0, 0.05) is 11.1 Å². The van der Waals surface area contributed by atoms with E-state index in [-0.39, 0.29) is 12.3 Å². The van der Waals surface area contributed by atoms with Crippen LogP contribution in [0.3, 0.4) is 0 Å². The van der Waals surface area contributed by atoms with Crippen molar-refractivity contribution in [2.75, 3.05) is 4.90 Å². The summed E-state index contributed by atoms with van der Waals surface area (Å²) in [5.74, 6) is -1.60. The van der Waals surface area contributed by atoms with E-state index >= 15 is 0 Å². The molecule has 1 atom stereocenters. The van der Waals surface area contributed by atoms with Crippen LogP contribution < -0.4 is 4.90 Å². The molecule has 1 fully saturated rings. The molecule has 0 bridgehead atoms. The molecule has 0 spiro atoms. The lowest BCUT2D eigenvalue weighted by molar-refractivity contribution is -0.123. The Balaban J connectivity index is 2.02. The van der Waals surface area contributed by atoms with Crippen LogP contribution in [-0.2, 0) is 9.59 Å². The molecule has 0 N–H and O–H groups in total. The van der Waals surface area contributed by atoms with Gasteiger partial charge in [-0.3, -0.25) is 14.4 Å². The maximum atomic E-state index is 13.5. The third kappa shape index (κ3) is 3.79. The summed E-state index contributed by atoms with van der Waals surface area (Å²) in [7, 11) is 0. The molecule has 1 unspecified atom stereocenters. The number of anilines is 1. The molecule has 6 heteroatoms. The maximum absolute atomic E-state index is 13.5. The van der Waals surface area contributed by atoms with Crippen LogP contribution in [0.5, 0.6) is 0 Å². The van der Waals surface area contributed by atoms with Gasteiger partial charge < -0.3 is 4.90 Å². The van der Waals surface area contributed by atoms with Crippen molar-refractivity contribution in [1.82, 2.24) is 4.90 Å². The monoisotopic (exact) mass is 396 g/mol. The first-order valence-electron chi connectivity index (χ1n) is 9.69. The van der Waals surface area contributed by atoms with Gasteiger partial charge in [-0.2, -0.15) is 0 Å². The Labute approximate surface area is 170 Å². The number of aryl methyl sites for hydroxylation is 1. The Bertz CT molecular complexity index is 953. The van der Waals surface area contributed by atoms with Gasteiger partial charge in [-0.15, -0.1) is 0 Å². The first-order valence-corrected chi connectivity index (χ1v) is 9.69. The van der Waals surface area contributed by atoms with Gasteiger partial charge in [0.1, 0.15) is 11.9 Å². The molecule has 2 aromatic carbocycles. The van der Waals surface area contributed by atoms with Gasteiger partial charge in [0.05, 0.1) is 12.1 Å². The summed E-state index contributed by atoms with van der Waals surface area (Å²) in [5.41, 5.74) is 0.983. The second-order valence-corrected chi connectivity index (χ2v) is 7.92. The lowest BCUT2D eigenvalue weighted by Gasteiger charge is -2.41. The van der Waals surface area contributed by atoms with Gasteiger partial charge in [-0.25, -0.2) is 9.29 Å². The number of carbonyl (C=O) groups excluding carboxylic acids is 3. The number of benzene rings is 2. The number of carbonyl (C=O) groups is 3. The van der Waals surface area contributed by atoms with E-state index in [1.54, 1.807) is 17.0 Å². The van der Waals surface area contributed by atoms with Crippen LogP contribution in [0.25, 0.3) is 0 Å². The predicted molar refractivity (Wildman–Crippen MR) is 109 cm³/mol. The van der Waals surface area contributed by atoms with Crippen LogP contribution in [0.1, 0.15) is 49.5 Å². The molecule has 29 heavy (non-hydrogen) atoms. The summed E-state index contributed by atoms with van der Waals surface area (Å²) in [6, 6.07) is 11.5. The standard InChI is InChI=1S/C23H25FN2O3/c1-5-23(3,4)26(21(28)18-9-7-6-8-15(18)2)19-14-20(27)25(22(19)29)17-12-10-16(24)11-13-17/h6-13,19H,5,14H2,1-4H3. The highest BCUT2D eigenvalue weighted by Crippen LogP contribution is 2.32. The second-order valence-electron chi connectivity index (χ2n) is 7.92. The van der Waals surface area contributed by atoms with Gasteiger partial charge in [0.2, 0.25) is 5.91 Å². The SMILES string of the molecule is CCC(C)(C)N(C(=O)c1ccccc1C)C1CC(=O)N(c2ccc(F)cc2)C1=O. The molecule has 0 aromatic heterocycles. The molecule has 5 nitrogen and oxygen atoms in total. The molecule has 0 aliphatic carbocycles. The molecule has 1 aliphatic rings. The lowest BCUT2D eigenvalue weighted by atomic mass is 9.94. The van der Waals surface area contributed by atoms with Crippen LogP contribution in [-0.4, -0.2) is 34.2 Å². The van der Waals surface area contributed by atoms with Crippen molar-refractivity contribution in [3.63, 3.8) is 0 Å². The summed E-state index contributed by atoms with van der Waals surface area (Å²) in [6.45, 7) is 7.57. The van der Waals surface area contributed by atoms with E-state index in [4.69, 9.17) is 0 Å². The number of halogens is 1. The second kappa shape index (κ2) is 7.78. The Morgan fingerprint density at radius 1 is 1.14 bits per heavy atom. The van der Waals surface area contributed by atoms with E-state index in [9.17, 15) is 18.8 Å². The average molecular weight is 396 g/mol. The zero-order valence-electron chi connectivity index (χ0n) is 17.1. The van der Waals surface area contributed by atoms with Gasteiger partial charge in [-0.05, 0) is 63.1 Å². The van der Waals surface area contributed by atoms with Gasteiger partial charge in [0.15, 0.2) is 0 Å². The highest BCUT2D eigenvalue weighted by Gasteiger charge is 2.48. The highest BCUT2D eigenvalue weighted by atomic mass is 19.1. The van der Waals surface area contributed by atoms with Crippen LogP contribution in [0.15, 0.2) is 48.5 Å². The van der Waals surface area contributed by atoms with E-state index in [2.05, 4.69) is 0 Å². The van der Waals surface area contributed by atoms with Gasteiger partial charge >= 0.3 is 0 Å². The van der Waals surface area contributed by atoms with Crippen molar-refractivity contribution in [2.24, 2.45) is 0 Å².